The molecule has 0 spiro atoms. The number of hydrogen-bond acceptors (Lipinski definition) is 3. The summed E-state index contributed by atoms with van der Waals surface area (Å²) in [6.45, 7) is 0. The van der Waals surface area contributed by atoms with Gasteiger partial charge in [-0.05, 0) is 62.2 Å². The molecule has 0 radical (unpaired) electrons. The highest BCUT2D eigenvalue weighted by atomic mass is 79.9. The van der Waals surface area contributed by atoms with Crippen molar-refractivity contribution in [3.8, 4) is 23.0 Å². The zero-order valence-corrected chi connectivity index (χ0v) is 15.5. The lowest BCUT2D eigenvalue weighted by molar-refractivity contribution is 0.355. The molecule has 0 saturated heterocycles. The molecule has 0 heterocycles. The van der Waals surface area contributed by atoms with Gasteiger partial charge < -0.3 is 14.2 Å². The molecular weight excluding hydrogens is 456 g/mol. The summed E-state index contributed by atoms with van der Waals surface area (Å²) in [5.41, 5.74) is 0. The number of benzene rings is 2. The van der Waals surface area contributed by atoms with Gasteiger partial charge in [0.15, 0.2) is 23.0 Å². The number of ether oxygens (including phenoxy) is 3. The Morgan fingerprint density at radius 1 is 0.800 bits per heavy atom. The van der Waals surface area contributed by atoms with E-state index in [1.807, 2.05) is 30.3 Å². The van der Waals surface area contributed by atoms with Crippen LogP contribution < -0.4 is 14.2 Å². The van der Waals surface area contributed by atoms with Crippen molar-refractivity contribution >= 4 is 47.8 Å². The van der Waals surface area contributed by atoms with Crippen LogP contribution in [-0.4, -0.2) is 14.2 Å². The van der Waals surface area contributed by atoms with E-state index in [4.69, 9.17) is 14.2 Å². The molecule has 0 unspecified atom stereocenters. The molecule has 6 heteroatoms. The Labute approximate surface area is 142 Å². The van der Waals surface area contributed by atoms with Crippen LogP contribution >= 0.6 is 47.8 Å². The summed E-state index contributed by atoms with van der Waals surface area (Å²) in [6, 6.07) is 9.27. The van der Waals surface area contributed by atoms with Crippen molar-refractivity contribution in [2.24, 2.45) is 0 Å². The Kier molecular flexibility index (Phi) is 5.35. The molecule has 0 aromatic heterocycles. The molecule has 0 bridgehead atoms. The molecule has 0 amide bonds. The normalized spacial score (nSPS) is 10.2. The summed E-state index contributed by atoms with van der Waals surface area (Å²) < 4.78 is 19.1. The van der Waals surface area contributed by atoms with E-state index < -0.39 is 0 Å². The van der Waals surface area contributed by atoms with Crippen LogP contribution in [0.4, 0.5) is 0 Å². The fraction of sp³-hybridized carbons (Fsp3) is 0.143. The number of halogens is 3. The van der Waals surface area contributed by atoms with Gasteiger partial charge >= 0.3 is 0 Å². The summed E-state index contributed by atoms with van der Waals surface area (Å²) >= 11 is 10.4. The van der Waals surface area contributed by atoms with Crippen LogP contribution in [0.1, 0.15) is 0 Å². The van der Waals surface area contributed by atoms with E-state index in [-0.39, 0.29) is 0 Å². The van der Waals surface area contributed by atoms with Gasteiger partial charge in [0, 0.05) is 8.95 Å². The number of methoxy groups -OCH3 is 2. The molecule has 0 N–H and O–H groups in total. The second-order valence-electron chi connectivity index (χ2n) is 3.79. The van der Waals surface area contributed by atoms with Crippen molar-refractivity contribution in [3.63, 3.8) is 0 Å². The maximum atomic E-state index is 5.96. The van der Waals surface area contributed by atoms with E-state index in [1.165, 1.54) is 0 Å². The zero-order chi connectivity index (χ0) is 14.7. The number of rotatable bonds is 4. The minimum absolute atomic E-state index is 0.582. The van der Waals surface area contributed by atoms with Crippen LogP contribution in [-0.2, 0) is 0 Å². The molecule has 2 rings (SSSR count). The standard InChI is InChI=1S/C14H11Br3O3/c1-18-10-5-3-8(15)7-12(10)20-14-11(19-2)6-4-9(16)13(14)17/h3-7H,1-2H3. The first-order valence-corrected chi connectivity index (χ1v) is 7.98. The van der Waals surface area contributed by atoms with Crippen LogP contribution in [0.25, 0.3) is 0 Å². The molecule has 0 aliphatic carbocycles. The molecule has 0 saturated carbocycles. The average Bonchev–Trinajstić information content (AvgIpc) is 2.44. The predicted octanol–water partition coefficient (Wildman–Crippen LogP) is 5.78. The van der Waals surface area contributed by atoms with Crippen LogP contribution in [0.2, 0.25) is 0 Å². The van der Waals surface area contributed by atoms with Gasteiger partial charge in [-0.15, -0.1) is 0 Å². The topological polar surface area (TPSA) is 27.7 Å². The average molecular weight is 467 g/mol. The van der Waals surface area contributed by atoms with Crippen molar-refractivity contribution in [2.45, 2.75) is 0 Å². The van der Waals surface area contributed by atoms with Gasteiger partial charge in [0.05, 0.1) is 18.7 Å². The van der Waals surface area contributed by atoms with Crippen LogP contribution in [0.3, 0.4) is 0 Å². The van der Waals surface area contributed by atoms with E-state index in [2.05, 4.69) is 47.8 Å². The van der Waals surface area contributed by atoms with Gasteiger partial charge in [0.2, 0.25) is 0 Å². The van der Waals surface area contributed by atoms with E-state index in [0.717, 1.165) is 13.4 Å². The highest BCUT2D eigenvalue weighted by Gasteiger charge is 2.15. The van der Waals surface area contributed by atoms with E-state index in [9.17, 15) is 0 Å². The molecule has 106 valence electrons. The minimum atomic E-state index is 0.582. The highest BCUT2D eigenvalue weighted by Crippen LogP contribution is 2.44. The van der Waals surface area contributed by atoms with Crippen molar-refractivity contribution in [1.82, 2.24) is 0 Å². The largest absolute Gasteiger partial charge is 0.493 e. The quantitative estimate of drug-likeness (QED) is 0.571. The molecular formula is C14H11Br3O3. The first kappa shape index (κ1) is 15.7. The van der Waals surface area contributed by atoms with Gasteiger partial charge in [-0.1, -0.05) is 15.9 Å². The fourth-order valence-electron chi connectivity index (χ4n) is 1.61. The molecule has 3 nitrogen and oxygen atoms in total. The first-order chi connectivity index (χ1) is 9.56. The molecule has 0 fully saturated rings. The molecule has 0 aliphatic heterocycles. The molecule has 2 aromatic carbocycles. The minimum Gasteiger partial charge on any atom is -0.493 e. The summed E-state index contributed by atoms with van der Waals surface area (Å²) in [5, 5.41) is 0. The third-order valence-electron chi connectivity index (χ3n) is 2.57. The lowest BCUT2D eigenvalue weighted by Gasteiger charge is -2.15. The lowest BCUT2D eigenvalue weighted by Crippen LogP contribution is -1.94. The van der Waals surface area contributed by atoms with Crippen molar-refractivity contribution in [3.05, 3.63) is 43.7 Å². The fourth-order valence-corrected chi connectivity index (χ4v) is 2.67. The monoisotopic (exact) mass is 464 g/mol. The third kappa shape index (κ3) is 3.30. The smallest absolute Gasteiger partial charge is 0.184 e. The maximum Gasteiger partial charge on any atom is 0.184 e. The van der Waals surface area contributed by atoms with Gasteiger partial charge in [-0.2, -0.15) is 0 Å². The molecule has 2 aromatic rings. The molecule has 0 aliphatic rings. The molecule has 0 atom stereocenters. The highest BCUT2D eigenvalue weighted by molar-refractivity contribution is 9.13. The van der Waals surface area contributed by atoms with Crippen LogP contribution in [0.15, 0.2) is 43.7 Å². The SMILES string of the molecule is COc1ccc(Br)cc1Oc1c(OC)ccc(Br)c1Br. The zero-order valence-electron chi connectivity index (χ0n) is 10.7. The Bertz CT molecular complexity index is 629. The van der Waals surface area contributed by atoms with Gasteiger partial charge in [0.1, 0.15) is 0 Å². The van der Waals surface area contributed by atoms with Gasteiger partial charge in [0.25, 0.3) is 0 Å². The van der Waals surface area contributed by atoms with E-state index in [0.29, 0.717) is 23.0 Å². The maximum absolute atomic E-state index is 5.96. The predicted molar refractivity (Wildman–Crippen MR) is 89.2 cm³/mol. The van der Waals surface area contributed by atoms with Crippen molar-refractivity contribution in [1.29, 1.82) is 0 Å². The van der Waals surface area contributed by atoms with Gasteiger partial charge in [-0.3, -0.25) is 0 Å². The summed E-state index contributed by atoms with van der Waals surface area (Å²) in [6.07, 6.45) is 0. The second-order valence-corrected chi connectivity index (χ2v) is 6.35. The summed E-state index contributed by atoms with van der Waals surface area (Å²) in [4.78, 5) is 0. The Hall–Kier alpha value is -0.720. The van der Waals surface area contributed by atoms with E-state index >= 15 is 0 Å². The van der Waals surface area contributed by atoms with E-state index in [1.54, 1.807) is 14.2 Å². The van der Waals surface area contributed by atoms with Crippen molar-refractivity contribution < 1.29 is 14.2 Å². The number of hydrogen-bond donors (Lipinski definition) is 0. The van der Waals surface area contributed by atoms with Crippen LogP contribution in [0, 0.1) is 0 Å². The second kappa shape index (κ2) is 6.83. The Balaban J connectivity index is 2.49. The van der Waals surface area contributed by atoms with Crippen molar-refractivity contribution in [2.75, 3.05) is 14.2 Å². The first-order valence-electron chi connectivity index (χ1n) is 5.60. The third-order valence-corrected chi connectivity index (χ3v) is 5.04. The molecule has 20 heavy (non-hydrogen) atoms. The lowest BCUT2D eigenvalue weighted by atomic mass is 10.3. The summed E-state index contributed by atoms with van der Waals surface area (Å²) in [7, 11) is 3.20. The Morgan fingerprint density at radius 2 is 1.45 bits per heavy atom. The van der Waals surface area contributed by atoms with Gasteiger partial charge in [-0.25, -0.2) is 0 Å². The van der Waals surface area contributed by atoms with Crippen LogP contribution in [0.5, 0.6) is 23.0 Å². The Morgan fingerprint density at radius 3 is 2.10 bits per heavy atom. The summed E-state index contributed by atoms with van der Waals surface area (Å²) in [5.74, 6) is 2.45.